The third kappa shape index (κ3) is 2.82. The van der Waals surface area contributed by atoms with Gasteiger partial charge in [0.05, 0.1) is 44.9 Å². The number of quaternary nitrogens is 1. The summed E-state index contributed by atoms with van der Waals surface area (Å²) in [5.41, 5.74) is 4.31. The van der Waals surface area contributed by atoms with Gasteiger partial charge in [-0.1, -0.05) is 29.8 Å². The van der Waals surface area contributed by atoms with Crippen molar-refractivity contribution in [3.05, 3.63) is 53.6 Å². The quantitative estimate of drug-likeness (QED) is 0.872. The van der Waals surface area contributed by atoms with Gasteiger partial charge < -0.3 is 15.0 Å². The van der Waals surface area contributed by atoms with Crippen LogP contribution in [0, 0.1) is 6.92 Å². The number of hydrogen-bond acceptors (Lipinski definition) is 2. The lowest BCUT2D eigenvalue weighted by Crippen LogP contribution is -3.11. The Morgan fingerprint density at radius 1 is 1.27 bits per heavy atom. The van der Waals surface area contributed by atoms with Crippen LogP contribution >= 0.6 is 0 Å². The number of likely N-dealkylation sites (tertiary alicyclic amines) is 1. The topological polar surface area (TPSA) is 46.0 Å². The van der Waals surface area contributed by atoms with Crippen molar-refractivity contribution < 1.29 is 14.4 Å². The highest BCUT2D eigenvalue weighted by Crippen LogP contribution is 2.43. The number of nitrogens with zero attached hydrogens (tertiary/aromatic N) is 1. The number of nitrogens with one attached hydrogen (secondary N) is 2. The van der Waals surface area contributed by atoms with E-state index in [2.05, 4.69) is 37.5 Å². The maximum atomic E-state index is 13.2. The lowest BCUT2D eigenvalue weighted by Gasteiger charge is -2.34. The lowest BCUT2D eigenvalue weighted by molar-refractivity contribution is -0.886. The largest absolute Gasteiger partial charge is 0.495 e. The van der Waals surface area contributed by atoms with E-state index >= 15 is 0 Å². The summed E-state index contributed by atoms with van der Waals surface area (Å²) in [6.07, 6.45) is 1.02. The van der Waals surface area contributed by atoms with Gasteiger partial charge in [-0.15, -0.1) is 0 Å². The first-order chi connectivity index (χ1) is 12.6. The summed E-state index contributed by atoms with van der Waals surface area (Å²) in [6, 6.07) is 14.1. The molecule has 2 amide bonds. The SMILES string of the molecule is COc1ccccc1NC(=O)N1c2ccc(C)cc2[C@H]2C[NH+](C)CC[C@H]21. The number of likely N-dealkylation sites (N-methyl/N-ethyl adjacent to an activating group) is 1. The number of amides is 2. The van der Waals surface area contributed by atoms with Gasteiger partial charge in [-0.25, -0.2) is 4.79 Å². The molecule has 0 aromatic heterocycles. The van der Waals surface area contributed by atoms with Crippen molar-refractivity contribution in [3.8, 4) is 5.75 Å². The summed E-state index contributed by atoms with van der Waals surface area (Å²) in [7, 11) is 3.86. The Hall–Kier alpha value is -2.53. The van der Waals surface area contributed by atoms with Gasteiger partial charge in [0.25, 0.3) is 0 Å². The molecule has 4 rings (SSSR count). The van der Waals surface area contributed by atoms with Crippen molar-refractivity contribution in [3.63, 3.8) is 0 Å². The minimum atomic E-state index is -0.0772. The molecule has 2 aliphatic heterocycles. The predicted octanol–water partition coefficient (Wildman–Crippen LogP) is 2.43. The average Bonchev–Trinajstić information content (AvgIpc) is 2.95. The number of aryl methyl sites for hydroxylation is 1. The monoisotopic (exact) mass is 352 g/mol. The number of fused-ring (bicyclic) bond motifs is 3. The standard InChI is InChI=1S/C21H25N3O2/c1-14-8-9-18-15(12-14)16-13-23(2)11-10-19(16)24(18)21(25)22-17-6-4-5-7-20(17)26-3/h4-9,12,16,19H,10-11,13H2,1-3H3,(H,22,25)/p+1/t16-,19-/m1/s1. The van der Waals surface area contributed by atoms with Crippen LogP contribution < -0.4 is 19.9 Å². The molecule has 0 saturated carbocycles. The number of ether oxygens (including phenoxy) is 1. The van der Waals surface area contributed by atoms with Crippen molar-refractivity contribution >= 4 is 17.4 Å². The minimum absolute atomic E-state index is 0.0772. The maximum absolute atomic E-state index is 13.2. The predicted molar refractivity (Wildman–Crippen MR) is 103 cm³/mol. The van der Waals surface area contributed by atoms with Crippen LogP contribution in [-0.2, 0) is 0 Å². The Morgan fingerprint density at radius 2 is 2.08 bits per heavy atom. The Morgan fingerprint density at radius 3 is 2.88 bits per heavy atom. The highest BCUT2D eigenvalue weighted by molar-refractivity contribution is 6.04. The average molecular weight is 352 g/mol. The number of rotatable bonds is 2. The van der Waals surface area contributed by atoms with E-state index in [9.17, 15) is 4.79 Å². The molecule has 0 bridgehead atoms. The van der Waals surface area contributed by atoms with Crippen LogP contribution in [0.3, 0.4) is 0 Å². The van der Waals surface area contributed by atoms with Crippen LogP contribution in [0.2, 0.25) is 0 Å². The summed E-state index contributed by atoms with van der Waals surface area (Å²) >= 11 is 0. The Kier molecular flexibility index (Phi) is 4.32. The molecule has 5 heteroatoms. The van der Waals surface area contributed by atoms with Crippen molar-refractivity contribution in [2.45, 2.75) is 25.3 Å². The molecular formula is C21H26N3O2+. The van der Waals surface area contributed by atoms with E-state index in [1.165, 1.54) is 16.0 Å². The van der Waals surface area contributed by atoms with Crippen LogP contribution in [0.15, 0.2) is 42.5 Å². The molecule has 2 aliphatic rings. The molecule has 26 heavy (non-hydrogen) atoms. The number of urea groups is 1. The molecule has 2 heterocycles. The second kappa shape index (κ2) is 6.65. The molecule has 0 spiro atoms. The zero-order valence-corrected chi connectivity index (χ0v) is 15.6. The van der Waals surface area contributed by atoms with E-state index in [-0.39, 0.29) is 12.1 Å². The summed E-state index contributed by atoms with van der Waals surface area (Å²) in [5, 5.41) is 3.06. The molecule has 3 atom stereocenters. The smallest absolute Gasteiger partial charge is 0.326 e. The third-order valence-corrected chi connectivity index (χ3v) is 5.64. The van der Waals surface area contributed by atoms with E-state index in [1.54, 1.807) is 7.11 Å². The number of anilines is 2. The van der Waals surface area contributed by atoms with Crippen LogP contribution in [0.25, 0.3) is 0 Å². The summed E-state index contributed by atoms with van der Waals surface area (Å²) in [6.45, 7) is 4.28. The lowest BCUT2D eigenvalue weighted by atomic mass is 9.89. The fraction of sp³-hybridized carbons (Fsp3) is 0.381. The molecule has 1 saturated heterocycles. The van der Waals surface area contributed by atoms with E-state index in [0.717, 1.165) is 25.2 Å². The molecule has 1 fully saturated rings. The van der Waals surface area contributed by atoms with Gasteiger partial charge >= 0.3 is 6.03 Å². The van der Waals surface area contributed by atoms with Crippen LogP contribution in [-0.4, -0.2) is 39.3 Å². The highest BCUT2D eigenvalue weighted by Gasteiger charge is 2.45. The van der Waals surface area contributed by atoms with Crippen LogP contribution in [0.5, 0.6) is 5.75 Å². The first kappa shape index (κ1) is 16.9. The van der Waals surface area contributed by atoms with Gasteiger partial charge in [-0.05, 0) is 30.7 Å². The number of carbonyl (C=O) groups is 1. The molecule has 136 valence electrons. The fourth-order valence-electron chi connectivity index (χ4n) is 4.39. The summed E-state index contributed by atoms with van der Waals surface area (Å²) in [4.78, 5) is 16.7. The van der Waals surface area contributed by atoms with Gasteiger partial charge in [-0.3, -0.25) is 4.90 Å². The maximum Gasteiger partial charge on any atom is 0.326 e. The van der Waals surface area contributed by atoms with Crippen molar-refractivity contribution in [2.24, 2.45) is 0 Å². The van der Waals surface area contributed by atoms with Crippen LogP contribution in [0.4, 0.5) is 16.2 Å². The first-order valence-electron chi connectivity index (χ1n) is 9.23. The molecule has 2 aromatic carbocycles. The Labute approximate surface area is 154 Å². The van der Waals surface area contributed by atoms with Crippen LogP contribution in [0.1, 0.15) is 23.5 Å². The number of benzene rings is 2. The molecule has 1 unspecified atom stereocenters. The third-order valence-electron chi connectivity index (χ3n) is 5.64. The number of piperidine rings is 1. The van der Waals surface area contributed by atoms with Crippen molar-refractivity contribution in [1.29, 1.82) is 0 Å². The van der Waals surface area contributed by atoms with E-state index in [1.807, 2.05) is 29.2 Å². The number of para-hydroxylation sites is 2. The Balaban J connectivity index is 1.68. The molecule has 5 nitrogen and oxygen atoms in total. The molecule has 2 N–H and O–H groups in total. The number of carbonyl (C=O) groups excluding carboxylic acids is 1. The number of hydrogen-bond donors (Lipinski definition) is 2. The Bertz CT molecular complexity index is 836. The first-order valence-corrected chi connectivity index (χ1v) is 9.23. The van der Waals surface area contributed by atoms with Crippen molar-refractivity contribution in [1.82, 2.24) is 0 Å². The van der Waals surface area contributed by atoms with Gasteiger partial charge in [0.2, 0.25) is 0 Å². The van der Waals surface area contributed by atoms with Crippen molar-refractivity contribution in [2.75, 3.05) is 37.5 Å². The van der Waals surface area contributed by atoms with Gasteiger partial charge in [-0.2, -0.15) is 0 Å². The molecule has 2 aromatic rings. The fourth-order valence-corrected chi connectivity index (χ4v) is 4.39. The van der Waals surface area contributed by atoms with Gasteiger partial charge in [0.1, 0.15) is 5.75 Å². The number of methoxy groups -OCH3 is 1. The zero-order valence-electron chi connectivity index (χ0n) is 15.6. The van der Waals surface area contributed by atoms with Gasteiger partial charge in [0, 0.05) is 12.1 Å². The molecule has 0 aliphatic carbocycles. The second-order valence-corrected chi connectivity index (χ2v) is 7.44. The summed E-state index contributed by atoms with van der Waals surface area (Å²) < 4.78 is 5.38. The normalized spacial score (nSPS) is 24.0. The van der Waals surface area contributed by atoms with Gasteiger partial charge in [0.15, 0.2) is 0 Å². The zero-order chi connectivity index (χ0) is 18.3. The van der Waals surface area contributed by atoms with E-state index < -0.39 is 0 Å². The second-order valence-electron chi connectivity index (χ2n) is 7.44. The van der Waals surface area contributed by atoms with E-state index in [0.29, 0.717) is 17.4 Å². The highest BCUT2D eigenvalue weighted by atomic mass is 16.5. The molecular weight excluding hydrogens is 326 g/mol. The summed E-state index contributed by atoms with van der Waals surface area (Å²) in [5.74, 6) is 1.08. The van der Waals surface area contributed by atoms with E-state index in [4.69, 9.17) is 4.74 Å². The molecule has 0 radical (unpaired) electrons. The minimum Gasteiger partial charge on any atom is -0.495 e.